The molecule has 9 heteroatoms. The number of amides is 1. The third-order valence-corrected chi connectivity index (χ3v) is 7.07. The number of nitrogens with one attached hydrogen (secondary N) is 1. The normalized spacial score (nSPS) is 18.7. The average molecular weight is 522 g/mol. The molecule has 0 unspecified atom stereocenters. The smallest absolute Gasteiger partial charge is 0.421 e. The Morgan fingerprint density at radius 1 is 1.14 bits per heavy atom. The topological polar surface area (TPSA) is 75.6 Å². The van der Waals surface area contributed by atoms with Crippen LogP contribution in [0.5, 0.6) is 0 Å². The Labute approximate surface area is 212 Å². The fraction of sp³-hybridized carbons (Fsp3) is 0.407. The lowest BCUT2D eigenvalue weighted by atomic mass is 9.88. The zero-order chi connectivity index (χ0) is 26.3. The predicted molar refractivity (Wildman–Crippen MR) is 134 cm³/mol. The van der Waals surface area contributed by atoms with Crippen LogP contribution in [0, 0.1) is 5.92 Å². The maximum atomic E-state index is 14.4. The van der Waals surface area contributed by atoms with E-state index in [0.29, 0.717) is 28.2 Å². The summed E-state index contributed by atoms with van der Waals surface area (Å²) in [4.78, 5) is 23.9. The molecule has 36 heavy (non-hydrogen) atoms. The number of carbonyl (C=O) groups excluding carboxylic acids is 1. The maximum Gasteiger partial charge on any atom is 0.421 e. The van der Waals surface area contributed by atoms with Crippen molar-refractivity contribution < 1.29 is 32.6 Å². The SMILES string of the molecule is CC(C)CC[C@@H](O[C@]1(C(F)(F)F)C=CC(c2ccccc2)=CC1)c1ccc(C(=O)NCCC(=O)O)s1. The lowest BCUT2D eigenvalue weighted by molar-refractivity contribution is -0.271. The number of aliphatic carboxylic acids is 1. The van der Waals surface area contributed by atoms with E-state index >= 15 is 0 Å². The Morgan fingerprint density at radius 2 is 1.86 bits per heavy atom. The van der Waals surface area contributed by atoms with Gasteiger partial charge in [0.15, 0.2) is 5.60 Å². The van der Waals surface area contributed by atoms with Crippen molar-refractivity contribution in [3.63, 3.8) is 0 Å². The van der Waals surface area contributed by atoms with E-state index in [1.807, 2.05) is 44.2 Å². The quantitative estimate of drug-likeness (QED) is 0.341. The molecule has 1 heterocycles. The molecule has 0 bridgehead atoms. The van der Waals surface area contributed by atoms with Gasteiger partial charge in [-0.15, -0.1) is 11.3 Å². The Morgan fingerprint density at radius 3 is 2.44 bits per heavy atom. The lowest BCUT2D eigenvalue weighted by Crippen LogP contribution is -2.47. The van der Waals surface area contributed by atoms with Gasteiger partial charge in [-0.1, -0.05) is 56.3 Å². The van der Waals surface area contributed by atoms with Crippen LogP contribution in [0.25, 0.3) is 5.57 Å². The molecule has 0 radical (unpaired) electrons. The molecule has 1 aromatic heterocycles. The zero-order valence-electron chi connectivity index (χ0n) is 20.2. The van der Waals surface area contributed by atoms with Gasteiger partial charge >= 0.3 is 12.1 Å². The van der Waals surface area contributed by atoms with Gasteiger partial charge in [-0.2, -0.15) is 13.2 Å². The summed E-state index contributed by atoms with van der Waals surface area (Å²) in [6.07, 6.45) is -0.968. The first-order chi connectivity index (χ1) is 17.0. The summed E-state index contributed by atoms with van der Waals surface area (Å²) < 4.78 is 49.2. The summed E-state index contributed by atoms with van der Waals surface area (Å²) in [6, 6.07) is 12.4. The molecule has 5 nitrogen and oxygen atoms in total. The molecule has 0 aliphatic heterocycles. The molecule has 194 valence electrons. The van der Waals surface area contributed by atoms with E-state index in [0.717, 1.165) is 23.0 Å². The van der Waals surface area contributed by atoms with Gasteiger partial charge in [0.1, 0.15) is 0 Å². The summed E-state index contributed by atoms with van der Waals surface area (Å²) in [5.74, 6) is -1.25. The van der Waals surface area contributed by atoms with E-state index in [-0.39, 0.29) is 25.3 Å². The first-order valence-electron chi connectivity index (χ1n) is 11.8. The van der Waals surface area contributed by atoms with Gasteiger partial charge in [-0.3, -0.25) is 9.59 Å². The van der Waals surface area contributed by atoms with Crippen LogP contribution >= 0.6 is 11.3 Å². The van der Waals surface area contributed by atoms with Crippen LogP contribution in [0.15, 0.2) is 60.7 Å². The van der Waals surface area contributed by atoms with Crippen LogP contribution in [0.3, 0.4) is 0 Å². The molecule has 1 aliphatic carbocycles. The van der Waals surface area contributed by atoms with E-state index in [4.69, 9.17) is 9.84 Å². The van der Waals surface area contributed by atoms with E-state index in [2.05, 4.69) is 5.32 Å². The van der Waals surface area contributed by atoms with Crippen LogP contribution in [0.4, 0.5) is 13.2 Å². The molecular weight excluding hydrogens is 491 g/mol. The van der Waals surface area contributed by atoms with Crippen molar-refractivity contribution in [2.24, 2.45) is 5.92 Å². The molecule has 1 aromatic carbocycles. The van der Waals surface area contributed by atoms with Gasteiger partial charge in [0.2, 0.25) is 0 Å². The number of benzene rings is 1. The number of halogens is 3. The number of carboxylic acids is 1. The molecule has 2 aromatic rings. The van der Waals surface area contributed by atoms with Gasteiger partial charge in [-0.05, 0) is 48.1 Å². The molecule has 0 fully saturated rings. The van der Waals surface area contributed by atoms with Gasteiger partial charge in [-0.25, -0.2) is 0 Å². The highest BCUT2D eigenvalue weighted by Gasteiger charge is 2.55. The molecule has 2 atom stereocenters. The third-order valence-electron chi connectivity index (χ3n) is 5.90. The summed E-state index contributed by atoms with van der Waals surface area (Å²) in [7, 11) is 0. The number of alkyl halides is 3. The maximum absolute atomic E-state index is 14.4. The van der Waals surface area contributed by atoms with Crippen LogP contribution in [-0.2, 0) is 9.53 Å². The van der Waals surface area contributed by atoms with Crippen molar-refractivity contribution in [1.82, 2.24) is 5.32 Å². The number of thiophene rings is 1. The number of ether oxygens (including phenoxy) is 1. The Bertz CT molecular complexity index is 1110. The van der Waals surface area contributed by atoms with Crippen LogP contribution in [-0.4, -0.2) is 35.3 Å². The number of carbonyl (C=O) groups is 2. The van der Waals surface area contributed by atoms with E-state index in [1.165, 1.54) is 12.1 Å². The molecule has 1 amide bonds. The van der Waals surface area contributed by atoms with Gasteiger partial charge < -0.3 is 15.2 Å². The minimum absolute atomic E-state index is 0.0350. The number of hydrogen-bond donors (Lipinski definition) is 2. The molecule has 2 N–H and O–H groups in total. The zero-order valence-corrected chi connectivity index (χ0v) is 21.0. The Kier molecular flexibility index (Phi) is 9.13. The van der Waals surface area contributed by atoms with Crippen LogP contribution in [0.1, 0.15) is 65.7 Å². The monoisotopic (exact) mass is 521 g/mol. The molecule has 1 aliphatic rings. The Hall–Kier alpha value is -2.91. The molecule has 3 rings (SSSR count). The van der Waals surface area contributed by atoms with Crippen molar-refractivity contribution in [2.45, 2.75) is 57.4 Å². The predicted octanol–water partition coefficient (Wildman–Crippen LogP) is 6.79. The Balaban J connectivity index is 1.83. The number of rotatable bonds is 11. The fourth-order valence-electron chi connectivity index (χ4n) is 3.85. The van der Waals surface area contributed by atoms with Crippen molar-refractivity contribution in [2.75, 3.05) is 6.54 Å². The van der Waals surface area contributed by atoms with Crippen LogP contribution < -0.4 is 5.32 Å². The largest absolute Gasteiger partial charge is 0.481 e. The van der Waals surface area contributed by atoms with Gasteiger partial charge in [0, 0.05) is 17.8 Å². The summed E-state index contributed by atoms with van der Waals surface area (Å²) in [5, 5.41) is 11.3. The van der Waals surface area contributed by atoms with E-state index in [9.17, 15) is 22.8 Å². The van der Waals surface area contributed by atoms with Crippen LogP contribution in [0.2, 0.25) is 0 Å². The summed E-state index contributed by atoms with van der Waals surface area (Å²) in [6.45, 7) is 3.94. The van der Waals surface area contributed by atoms with E-state index in [1.54, 1.807) is 12.1 Å². The second-order valence-electron chi connectivity index (χ2n) is 9.13. The highest BCUT2D eigenvalue weighted by atomic mass is 32.1. The van der Waals surface area contributed by atoms with Crippen molar-refractivity contribution >= 4 is 28.8 Å². The fourth-order valence-corrected chi connectivity index (χ4v) is 4.84. The van der Waals surface area contributed by atoms with Crippen molar-refractivity contribution in [3.05, 3.63) is 76.0 Å². The molecule has 0 saturated carbocycles. The third kappa shape index (κ3) is 7.07. The lowest BCUT2D eigenvalue weighted by Gasteiger charge is -2.37. The first kappa shape index (κ1) is 27.7. The van der Waals surface area contributed by atoms with E-state index < -0.39 is 29.8 Å². The number of hydrogen-bond acceptors (Lipinski definition) is 4. The summed E-state index contributed by atoms with van der Waals surface area (Å²) in [5.41, 5.74) is -0.951. The first-order valence-corrected chi connectivity index (χ1v) is 12.6. The van der Waals surface area contributed by atoms with Crippen molar-refractivity contribution in [1.29, 1.82) is 0 Å². The average Bonchev–Trinajstić information content (AvgIpc) is 3.32. The molecule has 0 saturated heterocycles. The molecule has 0 spiro atoms. The second-order valence-corrected chi connectivity index (χ2v) is 10.2. The van der Waals surface area contributed by atoms with Gasteiger partial charge in [0.25, 0.3) is 5.91 Å². The highest BCUT2D eigenvalue weighted by molar-refractivity contribution is 7.14. The number of carboxylic acid groups (broad SMARTS) is 1. The van der Waals surface area contributed by atoms with Gasteiger partial charge in [0.05, 0.1) is 17.4 Å². The minimum atomic E-state index is -4.65. The van der Waals surface area contributed by atoms with Crippen molar-refractivity contribution in [3.8, 4) is 0 Å². The minimum Gasteiger partial charge on any atom is -0.481 e. The highest BCUT2D eigenvalue weighted by Crippen LogP contribution is 2.46. The summed E-state index contributed by atoms with van der Waals surface area (Å²) >= 11 is 1.06. The number of allylic oxidation sites excluding steroid dienone is 2. The molecular formula is C27H30F3NO4S. The second kappa shape index (κ2) is 11.9. The standard InChI is InChI=1S/C27H30F3NO4S/c1-18(2)8-9-21(22-10-11-23(36-22)25(34)31-17-14-24(32)33)35-26(27(28,29)30)15-12-20(13-16-26)19-6-4-3-5-7-19/h3-7,10-13,15,18,21H,8-9,14,16-17H2,1-2H3,(H,31,34)(H,32,33)/t21-,26-/m1/s1.